The first-order chi connectivity index (χ1) is 14.6. The van der Waals surface area contributed by atoms with Crippen molar-refractivity contribution in [3.05, 3.63) is 29.3 Å². The van der Waals surface area contributed by atoms with Crippen molar-refractivity contribution in [2.75, 3.05) is 45.9 Å². The van der Waals surface area contributed by atoms with Crippen LogP contribution in [-0.4, -0.2) is 78.4 Å². The molecule has 2 amide bonds. The van der Waals surface area contributed by atoms with Gasteiger partial charge in [0.2, 0.25) is 5.91 Å². The molecule has 3 fully saturated rings. The van der Waals surface area contributed by atoms with Crippen molar-refractivity contribution >= 4 is 23.4 Å². The van der Waals surface area contributed by atoms with E-state index in [9.17, 15) is 9.59 Å². The average Bonchev–Trinajstić information content (AvgIpc) is 3.33. The lowest BCUT2D eigenvalue weighted by Crippen LogP contribution is -2.50. The Morgan fingerprint density at radius 3 is 2.13 bits per heavy atom. The molecule has 1 aromatic rings. The van der Waals surface area contributed by atoms with Gasteiger partial charge in [0.15, 0.2) is 6.61 Å². The van der Waals surface area contributed by atoms with Crippen molar-refractivity contribution in [1.29, 1.82) is 0 Å². The second kappa shape index (κ2) is 10.0. The van der Waals surface area contributed by atoms with E-state index in [-0.39, 0.29) is 18.4 Å². The van der Waals surface area contributed by atoms with E-state index in [2.05, 4.69) is 9.80 Å². The number of rotatable bonds is 5. The van der Waals surface area contributed by atoms with Crippen LogP contribution >= 0.6 is 11.6 Å². The fraction of sp³-hybridized carbons (Fsp3) is 0.652. The van der Waals surface area contributed by atoms with Gasteiger partial charge >= 0.3 is 0 Å². The summed E-state index contributed by atoms with van der Waals surface area (Å²) in [6.45, 7) is 5.53. The van der Waals surface area contributed by atoms with Crippen LogP contribution in [0, 0.1) is 5.92 Å². The molecule has 164 valence electrons. The zero-order valence-electron chi connectivity index (χ0n) is 17.6. The molecule has 3 aliphatic heterocycles. The Labute approximate surface area is 184 Å². The van der Waals surface area contributed by atoms with Crippen molar-refractivity contribution in [2.45, 2.75) is 44.6 Å². The van der Waals surface area contributed by atoms with Crippen LogP contribution in [0.1, 0.15) is 38.5 Å². The van der Waals surface area contributed by atoms with Gasteiger partial charge < -0.3 is 19.4 Å². The van der Waals surface area contributed by atoms with Gasteiger partial charge in [-0.05, 0) is 75.9 Å². The Bertz CT molecular complexity index is 720. The smallest absolute Gasteiger partial charge is 0.260 e. The minimum atomic E-state index is 0.0401. The van der Waals surface area contributed by atoms with Crippen molar-refractivity contribution in [2.24, 2.45) is 5.92 Å². The van der Waals surface area contributed by atoms with Gasteiger partial charge in [-0.3, -0.25) is 9.59 Å². The summed E-state index contributed by atoms with van der Waals surface area (Å²) in [5.74, 6) is 1.30. The Balaban J connectivity index is 1.17. The van der Waals surface area contributed by atoms with E-state index in [0.29, 0.717) is 22.7 Å². The summed E-state index contributed by atoms with van der Waals surface area (Å²) >= 11 is 5.87. The minimum Gasteiger partial charge on any atom is -0.484 e. The summed E-state index contributed by atoms with van der Waals surface area (Å²) in [6.07, 6.45) is 6.26. The van der Waals surface area contributed by atoms with E-state index in [1.807, 2.05) is 4.90 Å². The average molecular weight is 434 g/mol. The van der Waals surface area contributed by atoms with Gasteiger partial charge in [0.1, 0.15) is 5.75 Å². The summed E-state index contributed by atoms with van der Waals surface area (Å²) in [6, 6.07) is 7.60. The Morgan fingerprint density at radius 1 is 0.867 bits per heavy atom. The topological polar surface area (TPSA) is 53.1 Å². The second-order valence-corrected chi connectivity index (χ2v) is 9.13. The molecular weight excluding hydrogens is 402 g/mol. The molecule has 3 saturated heterocycles. The van der Waals surface area contributed by atoms with E-state index in [0.717, 1.165) is 77.8 Å². The summed E-state index contributed by atoms with van der Waals surface area (Å²) in [5, 5.41) is 0.653. The molecule has 0 saturated carbocycles. The van der Waals surface area contributed by atoms with Crippen LogP contribution in [0.15, 0.2) is 24.3 Å². The molecule has 0 N–H and O–H groups in total. The van der Waals surface area contributed by atoms with Crippen LogP contribution in [0.2, 0.25) is 5.02 Å². The van der Waals surface area contributed by atoms with Crippen molar-refractivity contribution in [3.63, 3.8) is 0 Å². The third-order valence-corrected chi connectivity index (χ3v) is 7.06. The quantitative estimate of drug-likeness (QED) is 0.716. The van der Waals surface area contributed by atoms with Crippen LogP contribution in [0.4, 0.5) is 0 Å². The van der Waals surface area contributed by atoms with Crippen LogP contribution in [-0.2, 0) is 9.59 Å². The number of piperidine rings is 2. The largest absolute Gasteiger partial charge is 0.484 e. The van der Waals surface area contributed by atoms with Gasteiger partial charge in [-0.2, -0.15) is 0 Å². The molecule has 4 rings (SSSR count). The number of nitrogens with zero attached hydrogens (tertiary/aromatic N) is 3. The van der Waals surface area contributed by atoms with Crippen molar-refractivity contribution < 1.29 is 14.3 Å². The highest BCUT2D eigenvalue weighted by atomic mass is 35.5. The van der Waals surface area contributed by atoms with E-state index < -0.39 is 0 Å². The Kier molecular flexibility index (Phi) is 7.16. The molecule has 0 unspecified atom stereocenters. The molecule has 0 aromatic heterocycles. The van der Waals surface area contributed by atoms with Gasteiger partial charge in [-0.15, -0.1) is 0 Å². The zero-order chi connectivity index (χ0) is 20.9. The number of likely N-dealkylation sites (tertiary alicyclic amines) is 3. The lowest BCUT2D eigenvalue weighted by Gasteiger charge is -2.42. The highest BCUT2D eigenvalue weighted by molar-refractivity contribution is 6.30. The number of hydrogen-bond acceptors (Lipinski definition) is 4. The lowest BCUT2D eigenvalue weighted by atomic mass is 9.92. The van der Waals surface area contributed by atoms with E-state index in [1.165, 1.54) is 0 Å². The van der Waals surface area contributed by atoms with Crippen LogP contribution in [0.3, 0.4) is 0 Å². The molecule has 0 atom stereocenters. The number of amides is 2. The van der Waals surface area contributed by atoms with E-state index >= 15 is 0 Å². The van der Waals surface area contributed by atoms with Gasteiger partial charge in [-0.1, -0.05) is 11.6 Å². The predicted molar refractivity (Wildman–Crippen MR) is 117 cm³/mol. The fourth-order valence-electron chi connectivity index (χ4n) is 4.95. The SMILES string of the molecule is O=C(COc1ccc(Cl)cc1)N1CCC(N2CCC(C(=O)N3CCCC3)CC2)CC1. The predicted octanol–water partition coefficient (Wildman–Crippen LogP) is 3.04. The fourth-order valence-corrected chi connectivity index (χ4v) is 5.08. The maximum atomic E-state index is 12.6. The van der Waals surface area contributed by atoms with Crippen molar-refractivity contribution in [3.8, 4) is 5.75 Å². The van der Waals surface area contributed by atoms with Crippen LogP contribution < -0.4 is 4.74 Å². The van der Waals surface area contributed by atoms with Crippen molar-refractivity contribution in [1.82, 2.24) is 14.7 Å². The second-order valence-electron chi connectivity index (χ2n) is 8.70. The number of benzene rings is 1. The molecule has 6 nitrogen and oxygen atoms in total. The highest BCUT2D eigenvalue weighted by Gasteiger charge is 2.33. The normalized spacial score (nSPS) is 21.8. The minimum absolute atomic E-state index is 0.0401. The maximum absolute atomic E-state index is 12.6. The van der Waals surface area contributed by atoms with Crippen LogP contribution in [0.25, 0.3) is 0 Å². The summed E-state index contributed by atoms with van der Waals surface area (Å²) in [5.41, 5.74) is 0. The van der Waals surface area contributed by atoms with E-state index in [1.54, 1.807) is 24.3 Å². The molecule has 0 radical (unpaired) electrons. The van der Waals surface area contributed by atoms with Gasteiger partial charge in [0.25, 0.3) is 5.91 Å². The van der Waals surface area contributed by atoms with Gasteiger partial charge in [0.05, 0.1) is 0 Å². The number of ether oxygens (including phenoxy) is 1. The van der Waals surface area contributed by atoms with Crippen LogP contribution in [0.5, 0.6) is 5.75 Å². The third-order valence-electron chi connectivity index (χ3n) is 6.81. The first-order valence-electron chi connectivity index (χ1n) is 11.3. The maximum Gasteiger partial charge on any atom is 0.260 e. The number of carbonyl (C=O) groups excluding carboxylic acids is 2. The molecule has 0 aliphatic carbocycles. The monoisotopic (exact) mass is 433 g/mol. The number of carbonyl (C=O) groups is 2. The number of halogens is 1. The first kappa shape index (κ1) is 21.4. The molecular formula is C23H32ClN3O3. The highest BCUT2D eigenvalue weighted by Crippen LogP contribution is 2.26. The Hall–Kier alpha value is -1.79. The molecule has 3 aliphatic rings. The first-order valence-corrected chi connectivity index (χ1v) is 11.7. The van der Waals surface area contributed by atoms with Gasteiger partial charge in [0, 0.05) is 43.2 Å². The summed E-state index contributed by atoms with van der Waals surface area (Å²) in [7, 11) is 0. The molecule has 1 aromatic carbocycles. The third kappa shape index (κ3) is 5.27. The molecule has 0 bridgehead atoms. The summed E-state index contributed by atoms with van der Waals surface area (Å²) in [4.78, 5) is 31.6. The Morgan fingerprint density at radius 2 is 1.50 bits per heavy atom. The molecule has 3 heterocycles. The zero-order valence-corrected chi connectivity index (χ0v) is 18.4. The molecule has 7 heteroatoms. The standard InChI is InChI=1S/C23H32ClN3O3/c24-19-3-5-21(6-4-19)30-17-22(28)26-15-9-20(10-16-26)25-13-7-18(8-14-25)23(29)27-11-1-2-12-27/h3-6,18,20H,1-2,7-17H2. The van der Waals surface area contributed by atoms with Gasteiger partial charge in [-0.25, -0.2) is 0 Å². The van der Waals surface area contributed by atoms with E-state index in [4.69, 9.17) is 16.3 Å². The number of hydrogen-bond donors (Lipinski definition) is 0. The molecule has 30 heavy (non-hydrogen) atoms. The molecule has 0 spiro atoms. The lowest BCUT2D eigenvalue weighted by molar-refractivity contribution is -0.137. The summed E-state index contributed by atoms with van der Waals surface area (Å²) < 4.78 is 5.60.